The van der Waals surface area contributed by atoms with Crippen molar-refractivity contribution in [2.75, 3.05) is 12.4 Å². The predicted octanol–water partition coefficient (Wildman–Crippen LogP) is 5.09. The molecule has 158 valence electrons. The molecule has 1 amide bonds. The van der Waals surface area contributed by atoms with E-state index in [2.05, 4.69) is 10.6 Å². The lowest BCUT2D eigenvalue weighted by atomic mass is 9.95. The minimum atomic E-state index is -0.383. The van der Waals surface area contributed by atoms with E-state index in [4.69, 9.17) is 17.0 Å². The first-order chi connectivity index (χ1) is 15.1. The largest absolute Gasteiger partial charge is 0.465 e. The third kappa shape index (κ3) is 4.68. The van der Waals surface area contributed by atoms with Gasteiger partial charge in [-0.25, -0.2) is 4.79 Å². The zero-order valence-corrected chi connectivity index (χ0v) is 18.7. The Labute approximate surface area is 190 Å². The molecule has 0 aliphatic heterocycles. The summed E-state index contributed by atoms with van der Waals surface area (Å²) >= 11 is 6.82. The van der Waals surface area contributed by atoms with Crippen molar-refractivity contribution in [3.05, 3.63) is 70.1 Å². The number of benzene rings is 2. The number of amides is 1. The molecule has 4 rings (SSSR count). The Kier molecular flexibility index (Phi) is 6.44. The number of aryl methyl sites for hydroxylation is 1. The van der Waals surface area contributed by atoms with Crippen LogP contribution in [0.5, 0.6) is 0 Å². The molecule has 1 heterocycles. The lowest BCUT2D eigenvalue weighted by molar-refractivity contribution is -0.115. The Morgan fingerprint density at radius 3 is 2.71 bits per heavy atom. The summed E-state index contributed by atoms with van der Waals surface area (Å²) in [4.78, 5) is 25.9. The number of hydrogen-bond acceptors (Lipinski definition) is 5. The monoisotopic (exact) mass is 450 g/mol. The number of fused-ring (bicyclic) bond motifs is 2. The molecule has 0 bridgehead atoms. The molecule has 0 spiro atoms. The van der Waals surface area contributed by atoms with Crippen LogP contribution < -0.4 is 10.6 Å². The summed E-state index contributed by atoms with van der Waals surface area (Å²) < 4.78 is 4.97. The van der Waals surface area contributed by atoms with Gasteiger partial charge < -0.3 is 10.1 Å². The van der Waals surface area contributed by atoms with Gasteiger partial charge in [0.2, 0.25) is 5.91 Å². The summed E-state index contributed by atoms with van der Waals surface area (Å²) in [5.74, 6) is -0.724. The minimum absolute atomic E-state index is 0.149. The van der Waals surface area contributed by atoms with Gasteiger partial charge in [-0.05, 0) is 65.9 Å². The van der Waals surface area contributed by atoms with E-state index in [-0.39, 0.29) is 17.0 Å². The fourth-order valence-electron chi connectivity index (χ4n) is 3.82. The Balaban J connectivity index is 1.46. The van der Waals surface area contributed by atoms with Gasteiger partial charge in [0.1, 0.15) is 5.00 Å². The highest BCUT2D eigenvalue weighted by atomic mass is 32.1. The number of ether oxygens (including phenoxy) is 1. The fraction of sp³-hybridized carbons (Fsp3) is 0.208. The number of esters is 1. The van der Waals surface area contributed by atoms with Gasteiger partial charge in [0.15, 0.2) is 5.11 Å². The molecule has 1 aliphatic carbocycles. The Bertz CT molecular complexity index is 1190. The summed E-state index contributed by atoms with van der Waals surface area (Å²) in [6, 6.07) is 14.0. The van der Waals surface area contributed by atoms with Crippen LogP contribution in [0.4, 0.5) is 5.00 Å². The van der Waals surface area contributed by atoms with E-state index in [0.29, 0.717) is 10.6 Å². The zero-order chi connectivity index (χ0) is 21.8. The number of anilines is 1. The number of carbonyl (C=O) groups is 2. The highest BCUT2D eigenvalue weighted by Gasteiger charge is 2.26. The lowest BCUT2D eigenvalue weighted by Crippen LogP contribution is -2.33. The van der Waals surface area contributed by atoms with Crippen molar-refractivity contribution in [2.45, 2.75) is 25.7 Å². The summed E-state index contributed by atoms with van der Waals surface area (Å²) in [6.45, 7) is 0. The molecule has 0 unspecified atom stereocenters. The molecule has 0 radical (unpaired) electrons. The van der Waals surface area contributed by atoms with Crippen molar-refractivity contribution >= 4 is 62.4 Å². The molecule has 31 heavy (non-hydrogen) atoms. The van der Waals surface area contributed by atoms with Crippen molar-refractivity contribution < 1.29 is 14.3 Å². The van der Waals surface area contributed by atoms with Gasteiger partial charge in [-0.2, -0.15) is 0 Å². The highest BCUT2D eigenvalue weighted by molar-refractivity contribution is 7.80. The smallest absolute Gasteiger partial charge is 0.341 e. The second kappa shape index (κ2) is 9.41. The lowest BCUT2D eigenvalue weighted by Gasteiger charge is -2.12. The molecule has 0 atom stereocenters. The van der Waals surface area contributed by atoms with E-state index in [9.17, 15) is 9.59 Å². The van der Waals surface area contributed by atoms with Crippen molar-refractivity contribution in [3.8, 4) is 0 Å². The number of thiocarbonyl (C=S) groups is 1. The molecule has 1 aromatic heterocycles. The Morgan fingerprint density at radius 1 is 1.10 bits per heavy atom. The molecule has 3 aromatic rings. The molecule has 0 saturated heterocycles. The van der Waals surface area contributed by atoms with E-state index >= 15 is 0 Å². The topological polar surface area (TPSA) is 67.4 Å². The van der Waals surface area contributed by atoms with Crippen LogP contribution in [-0.2, 0) is 22.4 Å². The summed E-state index contributed by atoms with van der Waals surface area (Å²) in [5, 5.41) is 8.64. The average Bonchev–Trinajstić information content (AvgIpc) is 3.14. The normalized spacial score (nSPS) is 13.1. The van der Waals surface area contributed by atoms with Crippen molar-refractivity contribution in [2.24, 2.45) is 0 Å². The van der Waals surface area contributed by atoms with Gasteiger partial charge in [0.25, 0.3) is 0 Å². The molecular formula is C24H22N2O3S2. The van der Waals surface area contributed by atoms with Crippen molar-refractivity contribution in [1.29, 1.82) is 0 Å². The third-order valence-electron chi connectivity index (χ3n) is 5.26. The van der Waals surface area contributed by atoms with E-state index < -0.39 is 0 Å². The Hall–Kier alpha value is -3.03. The molecule has 2 aromatic carbocycles. The molecule has 0 fully saturated rings. The van der Waals surface area contributed by atoms with Crippen LogP contribution in [0.1, 0.15) is 39.2 Å². The fourth-order valence-corrected chi connectivity index (χ4v) is 5.37. The van der Waals surface area contributed by atoms with E-state index in [0.717, 1.165) is 47.6 Å². The first-order valence-electron chi connectivity index (χ1n) is 10.1. The standard InChI is InChI=1S/C24H22N2O3S2/c1-29-23(28)21-18-11-4-5-12-19(18)31-22(21)26-24(30)25-20(27)14-13-16-9-6-8-15-7-2-3-10-17(15)16/h2-3,6-10,13-14H,4-5,11-12H2,1H3,(H2,25,26,27,30)/b14-13+. The Morgan fingerprint density at radius 2 is 1.87 bits per heavy atom. The summed E-state index contributed by atoms with van der Waals surface area (Å²) in [7, 11) is 1.37. The summed E-state index contributed by atoms with van der Waals surface area (Å²) in [6.07, 6.45) is 7.17. The molecular weight excluding hydrogens is 428 g/mol. The quantitative estimate of drug-likeness (QED) is 0.329. The third-order valence-corrected chi connectivity index (χ3v) is 6.67. The molecule has 2 N–H and O–H groups in total. The van der Waals surface area contributed by atoms with Gasteiger partial charge in [0.05, 0.1) is 12.7 Å². The van der Waals surface area contributed by atoms with Gasteiger partial charge in [-0.1, -0.05) is 42.5 Å². The molecule has 0 saturated carbocycles. The van der Waals surface area contributed by atoms with Crippen LogP contribution >= 0.6 is 23.6 Å². The summed E-state index contributed by atoms with van der Waals surface area (Å²) in [5.41, 5.74) is 2.52. The molecule has 7 heteroatoms. The second-order valence-corrected chi connectivity index (χ2v) is 8.77. The van der Waals surface area contributed by atoms with Gasteiger partial charge in [-0.15, -0.1) is 11.3 Å². The number of hydrogen-bond donors (Lipinski definition) is 2. The average molecular weight is 451 g/mol. The van der Waals surface area contributed by atoms with E-state index in [1.54, 1.807) is 6.08 Å². The first kappa shape index (κ1) is 21.2. The van der Waals surface area contributed by atoms with Crippen LogP contribution in [0.3, 0.4) is 0 Å². The van der Waals surface area contributed by atoms with E-state index in [1.165, 1.54) is 29.4 Å². The second-order valence-electron chi connectivity index (χ2n) is 7.25. The maximum absolute atomic E-state index is 12.4. The minimum Gasteiger partial charge on any atom is -0.465 e. The van der Waals surface area contributed by atoms with Crippen LogP contribution in [0, 0.1) is 0 Å². The van der Waals surface area contributed by atoms with Gasteiger partial charge in [-0.3, -0.25) is 10.1 Å². The van der Waals surface area contributed by atoms with Gasteiger partial charge in [0, 0.05) is 11.0 Å². The number of methoxy groups -OCH3 is 1. The maximum atomic E-state index is 12.4. The van der Waals surface area contributed by atoms with E-state index in [1.807, 2.05) is 42.5 Å². The maximum Gasteiger partial charge on any atom is 0.341 e. The molecule has 5 nitrogen and oxygen atoms in total. The van der Waals surface area contributed by atoms with Crippen LogP contribution in [0.25, 0.3) is 16.8 Å². The number of nitrogens with one attached hydrogen (secondary N) is 2. The number of carbonyl (C=O) groups excluding carboxylic acids is 2. The first-order valence-corrected chi connectivity index (χ1v) is 11.3. The van der Waals surface area contributed by atoms with Crippen molar-refractivity contribution in [3.63, 3.8) is 0 Å². The van der Waals surface area contributed by atoms with Crippen LogP contribution in [-0.4, -0.2) is 24.1 Å². The van der Waals surface area contributed by atoms with Gasteiger partial charge >= 0.3 is 5.97 Å². The molecule has 1 aliphatic rings. The number of rotatable bonds is 4. The van der Waals surface area contributed by atoms with Crippen LogP contribution in [0.2, 0.25) is 0 Å². The predicted molar refractivity (Wildman–Crippen MR) is 130 cm³/mol. The van der Waals surface area contributed by atoms with Crippen LogP contribution in [0.15, 0.2) is 48.5 Å². The highest BCUT2D eigenvalue weighted by Crippen LogP contribution is 2.38. The SMILES string of the molecule is COC(=O)c1c(NC(=S)NC(=O)/C=C/c2cccc3ccccc23)sc2c1CCCC2. The number of thiophene rings is 1. The van der Waals surface area contributed by atoms with Crippen molar-refractivity contribution in [1.82, 2.24) is 5.32 Å². The zero-order valence-electron chi connectivity index (χ0n) is 17.1.